The first kappa shape index (κ1) is 74.2. The topological polar surface area (TPSA) is 105 Å². The number of likely N-dealkylation sites (N-methyl/N-ethyl adjacent to an activating group) is 1. The molecule has 9 heteroatoms. The molecule has 0 aromatic heterocycles. The minimum Gasteiger partial charge on any atom is -0.387 e. The number of unbranched alkanes of at least 4 members (excludes halogenated alkanes) is 39. The Balaban J connectivity index is 4.17. The zero-order valence-electron chi connectivity index (χ0n) is 51.0. The van der Waals surface area contributed by atoms with Crippen LogP contribution in [0, 0.1) is 0 Å². The van der Waals surface area contributed by atoms with Gasteiger partial charge in [0.25, 0.3) is 0 Å². The molecule has 0 fully saturated rings. The Morgan fingerprint density at radius 2 is 0.763 bits per heavy atom. The van der Waals surface area contributed by atoms with Gasteiger partial charge in [-0.25, -0.2) is 4.57 Å². The number of allylic oxidation sites excluding steroid dienone is 9. The zero-order valence-corrected chi connectivity index (χ0v) is 51.9. The number of phosphoric ester groups is 1. The van der Waals surface area contributed by atoms with Crippen molar-refractivity contribution >= 4 is 13.7 Å². The lowest BCUT2D eigenvalue weighted by Crippen LogP contribution is -2.45. The van der Waals surface area contributed by atoms with Crippen molar-refractivity contribution in [3.63, 3.8) is 0 Å². The first-order valence-electron chi connectivity index (χ1n) is 32.7. The van der Waals surface area contributed by atoms with Crippen LogP contribution in [0.5, 0.6) is 0 Å². The van der Waals surface area contributed by atoms with Gasteiger partial charge < -0.3 is 19.8 Å². The van der Waals surface area contributed by atoms with Crippen LogP contribution in [-0.2, 0) is 18.4 Å². The van der Waals surface area contributed by atoms with Crippen LogP contribution in [0.2, 0.25) is 0 Å². The molecule has 446 valence electrons. The molecule has 0 rings (SSSR count). The Bertz CT molecular complexity index is 1420. The SMILES string of the molecule is CCCCCCC/C=C\C/C=C\C/C=C\CCCCCCCCCCCCCCC(=O)NC(COP(=O)(O)OCC[N+](C)(C)C)C(O)/C=C/CC/C=C/CCCCCCCCCCCCCCCCCCCCCCC. The number of quaternary nitrogens is 1. The van der Waals surface area contributed by atoms with E-state index < -0.39 is 20.0 Å². The van der Waals surface area contributed by atoms with Crippen molar-refractivity contribution in [3.05, 3.63) is 60.8 Å². The number of nitrogens with one attached hydrogen (secondary N) is 1. The minimum absolute atomic E-state index is 0.0547. The van der Waals surface area contributed by atoms with Crippen molar-refractivity contribution in [2.45, 2.75) is 321 Å². The molecular formula is C67H128N2O6P+. The van der Waals surface area contributed by atoms with Crippen LogP contribution in [0.4, 0.5) is 0 Å². The molecule has 0 heterocycles. The molecule has 0 aromatic rings. The fourth-order valence-corrected chi connectivity index (χ4v) is 10.3. The van der Waals surface area contributed by atoms with Crippen LogP contribution in [0.1, 0.15) is 309 Å². The fourth-order valence-electron chi connectivity index (χ4n) is 9.60. The van der Waals surface area contributed by atoms with Crippen molar-refractivity contribution in [1.29, 1.82) is 0 Å². The number of phosphoric acid groups is 1. The zero-order chi connectivity index (χ0) is 55.6. The number of aliphatic hydroxyl groups excluding tert-OH is 1. The highest BCUT2D eigenvalue weighted by Crippen LogP contribution is 2.43. The van der Waals surface area contributed by atoms with Crippen molar-refractivity contribution in [3.8, 4) is 0 Å². The highest BCUT2D eigenvalue weighted by molar-refractivity contribution is 7.47. The van der Waals surface area contributed by atoms with E-state index in [9.17, 15) is 19.4 Å². The van der Waals surface area contributed by atoms with E-state index in [1.54, 1.807) is 6.08 Å². The molecule has 0 radical (unpaired) electrons. The van der Waals surface area contributed by atoms with Crippen LogP contribution in [-0.4, -0.2) is 73.4 Å². The second-order valence-corrected chi connectivity index (χ2v) is 24.9. The molecule has 0 aliphatic carbocycles. The lowest BCUT2D eigenvalue weighted by atomic mass is 10.0. The number of aliphatic hydroxyl groups is 1. The second-order valence-electron chi connectivity index (χ2n) is 23.5. The molecule has 0 aromatic carbocycles. The summed E-state index contributed by atoms with van der Waals surface area (Å²) in [6.07, 6.45) is 79.2. The molecule has 1 amide bonds. The Labute approximate surface area is 472 Å². The van der Waals surface area contributed by atoms with Gasteiger partial charge in [-0.3, -0.25) is 13.8 Å². The number of nitrogens with zero attached hydrogens (tertiary/aromatic N) is 1. The summed E-state index contributed by atoms with van der Waals surface area (Å²) >= 11 is 0. The maximum absolute atomic E-state index is 13.0. The Morgan fingerprint density at radius 1 is 0.447 bits per heavy atom. The average Bonchev–Trinajstić information content (AvgIpc) is 3.38. The molecule has 8 nitrogen and oxygen atoms in total. The van der Waals surface area contributed by atoms with Gasteiger partial charge >= 0.3 is 7.82 Å². The van der Waals surface area contributed by atoms with Crippen molar-refractivity contribution < 1.29 is 32.9 Å². The molecular weight excluding hydrogens is 960 g/mol. The smallest absolute Gasteiger partial charge is 0.387 e. The summed E-state index contributed by atoms with van der Waals surface area (Å²) in [6.45, 7) is 4.82. The number of carbonyl (C=O) groups is 1. The lowest BCUT2D eigenvalue weighted by molar-refractivity contribution is -0.870. The number of hydrogen-bond acceptors (Lipinski definition) is 5. The lowest BCUT2D eigenvalue weighted by Gasteiger charge is -2.25. The van der Waals surface area contributed by atoms with Gasteiger partial charge in [-0.1, -0.05) is 293 Å². The number of carbonyl (C=O) groups excluding carboxylic acids is 1. The van der Waals surface area contributed by atoms with E-state index in [1.165, 1.54) is 238 Å². The number of rotatable bonds is 60. The van der Waals surface area contributed by atoms with Crippen LogP contribution in [0.15, 0.2) is 60.8 Å². The van der Waals surface area contributed by atoms with E-state index >= 15 is 0 Å². The largest absolute Gasteiger partial charge is 0.472 e. The molecule has 3 N–H and O–H groups in total. The van der Waals surface area contributed by atoms with Gasteiger partial charge in [0.2, 0.25) is 5.91 Å². The summed E-state index contributed by atoms with van der Waals surface area (Å²) in [6, 6.07) is -0.868. The Kier molecular flexibility index (Phi) is 56.5. The highest BCUT2D eigenvalue weighted by Gasteiger charge is 2.27. The third-order valence-corrected chi connectivity index (χ3v) is 15.7. The first-order chi connectivity index (χ1) is 37.0. The van der Waals surface area contributed by atoms with Crippen LogP contribution in [0.3, 0.4) is 0 Å². The molecule has 0 aliphatic heterocycles. The summed E-state index contributed by atoms with van der Waals surface area (Å²) in [5, 5.41) is 14.0. The Hall–Kier alpha value is -1.80. The third-order valence-electron chi connectivity index (χ3n) is 14.7. The normalized spacial score (nSPS) is 14.1. The third kappa shape index (κ3) is 59.9. The summed E-state index contributed by atoms with van der Waals surface area (Å²) in [5.41, 5.74) is 0. The molecule has 3 unspecified atom stereocenters. The molecule has 0 aliphatic rings. The maximum Gasteiger partial charge on any atom is 0.472 e. The average molecular weight is 1090 g/mol. The van der Waals surface area contributed by atoms with E-state index in [0.717, 1.165) is 51.4 Å². The molecule has 0 bridgehead atoms. The monoisotopic (exact) mass is 1090 g/mol. The Morgan fingerprint density at radius 3 is 1.14 bits per heavy atom. The van der Waals surface area contributed by atoms with E-state index in [-0.39, 0.29) is 19.1 Å². The van der Waals surface area contributed by atoms with Gasteiger partial charge in [-0.05, 0) is 70.6 Å². The molecule has 3 atom stereocenters. The van der Waals surface area contributed by atoms with Gasteiger partial charge in [-0.2, -0.15) is 0 Å². The molecule has 76 heavy (non-hydrogen) atoms. The predicted octanol–water partition coefficient (Wildman–Crippen LogP) is 20.4. The second kappa shape index (κ2) is 57.9. The minimum atomic E-state index is -4.36. The van der Waals surface area contributed by atoms with Gasteiger partial charge in [-0.15, -0.1) is 0 Å². The van der Waals surface area contributed by atoms with E-state index in [2.05, 4.69) is 67.8 Å². The summed E-state index contributed by atoms with van der Waals surface area (Å²) in [5.74, 6) is -0.187. The molecule has 0 spiro atoms. The summed E-state index contributed by atoms with van der Waals surface area (Å²) in [4.78, 5) is 23.4. The highest BCUT2D eigenvalue weighted by atomic mass is 31.2. The molecule has 0 saturated heterocycles. The van der Waals surface area contributed by atoms with Crippen molar-refractivity contribution in [2.24, 2.45) is 0 Å². The van der Waals surface area contributed by atoms with Crippen LogP contribution >= 0.6 is 7.82 Å². The number of hydrogen-bond donors (Lipinski definition) is 3. The van der Waals surface area contributed by atoms with E-state index in [0.29, 0.717) is 17.4 Å². The number of amides is 1. The predicted molar refractivity (Wildman–Crippen MR) is 332 cm³/mol. The fraction of sp³-hybridized carbons (Fsp3) is 0.836. The van der Waals surface area contributed by atoms with Gasteiger partial charge in [0.15, 0.2) is 0 Å². The van der Waals surface area contributed by atoms with Crippen molar-refractivity contribution in [1.82, 2.24) is 5.32 Å². The van der Waals surface area contributed by atoms with Gasteiger partial charge in [0, 0.05) is 6.42 Å². The standard InChI is InChI=1S/C67H127N2O6P/c1-6-8-10-12-14-16-18-20-22-24-26-28-30-32-34-36-38-40-42-44-46-48-50-52-54-56-58-60-66(70)65(64-75-76(72,73)74-63-62-69(3,4)5)68-67(71)61-59-57-55-53-51-49-47-45-43-41-39-37-35-33-31-29-27-25-23-21-19-17-15-13-11-9-7-2/h19,21,25,27,31,33,50,52,58,60,65-66,70H,6-18,20,22-24,26,28-30,32,34-49,51,53-57,59,61-64H2,1-5H3,(H-,68,71,72,73)/p+1/b21-19-,27-25-,33-31-,52-50+,60-58+. The van der Waals surface area contributed by atoms with Crippen LogP contribution in [0.25, 0.3) is 0 Å². The van der Waals surface area contributed by atoms with Crippen LogP contribution < -0.4 is 5.32 Å². The summed E-state index contributed by atoms with van der Waals surface area (Å²) < 4.78 is 23.8. The maximum atomic E-state index is 13.0. The van der Waals surface area contributed by atoms with Gasteiger partial charge in [0.05, 0.1) is 39.9 Å². The quantitative estimate of drug-likeness (QED) is 0.0243. The first-order valence-corrected chi connectivity index (χ1v) is 34.2. The molecule has 0 saturated carbocycles. The summed E-state index contributed by atoms with van der Waals surface area (Å²) in [7, 11) is 1.56. The van der Waals surface area contributed by atoms with E-state index in [1.807, 2.05) is 27.2 Å². The van der Waals surface area contributed by atoms with Crippen molar-refractivity contribution in [2.75, 3.05) is 40.9 Å². The van der Waals surface area contributed by atoms with Gasteiger partial charge in [0.1, 0.15) is 13.2 Å². The van der Waals surface area contributed by atoms with E-state index in [4.69, 9.17) is 9.05 Å².